The Morgan fingerprint density at radius 2 is 0.917 bits per heavy atom. The molecule has 1 rings (SSSR count). The molecule has 0 saturated heterocycles. The fourth-order valence-electron chi connectivity index (χ4n) is 1.93. The van der Waals surface area contributed by atoms with Gasteiger partial charge in [-0.1, -0.05) is 12.1 Å². The highest BCUT2D eigenvalue weighted by Gasteiger charge is 2.64. The quantitative estimate of drug-likeness (QED) is 0.0590. The van der Waals surface area contributed by atoms with Gasteiger partial charge in [0.1, 0.15) is 5.56 Å². The van der Waals surface area contributed by atoms with Crippen LogP contribution in [0.15, 0.2) is 24.3 Å². The highest BCUT2D eigenvalue weighted by Crippen LogP contribution is 2.39. The zero-order valence-corrected chi connectivity index (χ0v) is 27.0. The summed E-state index contributed by atoms with van der Waals surface area (Å²) in [6, 6.07) is 6.55. The standard InChI is InChI=1S/C10H14NO3Si.C4BF12O12S4/c1-15(2,3)14-8-9-6-4-5-7-10(9)11(12)13;6-1(7,8)30(18,19)26-5(27-31(20,21)2(9,10)11,28-32(22,23)3(12,13)14)29-33(24,25)4(15,16)17/h4-8H,1-3H3;/q+1;-1. The van der Waals surface area contributed by atoms with Crippen LogP contribution in [0.5, 0.6) is 0 Å². The van der Waals surface area contributed by atoms with E-state index in [1.165, 1.54) is 12.4 Å². The lowest BCUT2D eigenvalue weighted by Crippen LogP contribution is -2.59. The summed E-state index contributed by atoms with van der Waals surface area (Å²) in [6.07, 6.45) is 1.49. The molecule has 0 saturated carbocycles. The molecule has 0 aliphatic rings. The van der Waals surface area contributed by atoms with E-state index >= 15 is 0 Å². The van der Waals surface area contributed by atoms with E-state index in [2.05, 4.69) is 16.4 Å². The number of nitrogens with zero attached hydrogens (tertiary/aromatic N) is 1. The van der Waals surface area contributed by atoms with E-state index in [1.807, 2.05) is 19.6 Å². The second kappa shape index (κ2) is 14.3. The Labute approximate surface area is 261 Å². The topological polar surface area (TPSA) is 228 Å². The molecule has 0 amide bonds. The Bertz CT molecular complexity index is 1610. The maximum Gasteiger partial charge on any atom is 0.587 e. The molecule has 280 valence electrons. The Morgan fingerprint density at radius 1 is 0.646 bits per heavy atom. The number of carbonyl (C=O) groups excluding carboxylic acids is 1. The molecule has 0 aliphatic carbocycles. The predicted octanol–water partition coefficient (Wildman–Crippen LogP) is 3.66. The zero-order chi connectivity index (χ0) is 38.8. The minimum atomic E-state index is -8.05. The SMILES string of the molecule is C[Si](C)(C)[O+]=Cc1ccccc1[N+](=O)[O-].O=S(=O)(O[B-](OS(=O)(=O)C(F)(F)F)(OS(=O)(=O)C(F)(F)F)OS(=O)(=O)C(F)(F)F)C(F)(F)F. The molecule has 0 atom stereocenters. The van der Waals surface area contributed by atoms with Crippen molar-refractivity contribution in [2.75, 3.05) is 0 Å². The number of halogens is 12. The van der Waals surface area contributed by atoms with Crippen LogP contribution < -0.4 is 0 Å². The maximum absolute atomic E-state index is 12.4. The number of para-hydroxylation sites is 1. The van der Waals surface area contributed by atoms with Crippen LogP contribution in [0, 0.1) is 10.1 Å². The van der Waals surface area contributed by atoms with Crippen molar-refractivity contribution in [3.63, 3.8) is 0 Å². The molecule has 0 aliphatic heterocycles. The number of nitro benzene ring substituents is 1. The van der Waals surface area contributed by atoms with Gasteiger partial charge in [-0.2, -0.15) is 86.4 Å². The average molecular weight is 831 g/mol. The summed E-state index contributed by atoms with van der Waals surface area (Å²) in [5.41, 5.74) is -27.9. The maximum atomic E-state index is 12.4. The number of aldehydes is 1. The van der Waals surface area contributed by atoms with E-state index < -0.39 is 82.7 Å². The third-order valence-electron chi connectivity index (χ3n) is 3.78. The third-order valence-corrected chi connectivity index (χ3v) is 8.83. The fourth-order valence-corrected chi connectivity index (χ4v) is 4.86. The summed E-state index contributed by atoms with van der Waals surface area (Å²) >= 11 is 0. The van der Waals surface area contributed by atoms with Crippen LogP contribution in [0.25, 0.3) is 0 Å². The lowest BCUT2D eigenvalue weighted by Gasteiger charge is -2.37. The van der Waals surface area contributed by atoms with Crippen LogP contribution in [0.4, 0.5) is 58.4 Å². The molecule has 0 radical (unpaired) electrons. The fraction of sp³-hybridized carbons (Fsp3) is 0.500. The first-order valence-corrected chi connectivity index (χ1v) is 19.7. The highest BCUT2D eigenvalue weighted by atomic mass is 32.2. The lowest BCUT2D eigenvalue weighted by atomic mass is 10.1. The van der Waals surface area contributed by atoms with Crippen molar-refractivity contribution in [2.45, 2.75) is 41.7 Å². The molecule has 34 heteroatoms. The van der Waals surface area contributed by atoms with Crippen LogP contribution in [-0.4, -0.2) is 82.2 Å². The third kappa shape index (κ3) is 12.7. The summed E-state index contributed by atoms with van der Waals surface area (Å²) in [7, 11) is -33.9. The van der Waals surface area contributed by atoms with Gasteiger partial charge in [0.2, 0.25) is 0 Å². The van der Waals surface area contributed by atoms with Gasteiger partial charge in [0, 0.05) is 25.7 Å². The van der Waals surface area contributed by atoms with Crippen LogP contribution in [-0.2, 0) is 56.9 Å². The van der Waals surface area contributed by atoms with Gasteiger partial charge in [0.25, 0.3) is 12.0 Å². The van der Waals surface area contributed by atoms with Crippen molar-refractivity contribution >= 4 is 67.7 Å². The monoisotopic (exact) mass is 831 g/mol. The van der Waals surface area contributed by atoms with Gasteiger partial charge in [0.05, 0.1) is 4.92 Å². The van der Waals surface area contributed by atoms with Gasteiger partial charge in [-0.15, -0.1) is 0 Å². The molecule has 16 nitrogen and oxygen atoms in total. The summed E-state index contributed by atoms with van der Waals surface area (Å²) in [5, 5.41) is 10.7. The summed E-state index contributed by atoms with van der Waals surface area (Å²) in [5.74, 6) is 0. The normalized spacial score (nSPS) is 14.8. The Balaban J connectivity index is 0.00000122. The van der Waals surface area contributed by atoms with Crippen molar-refractivity contribution in [1.29, 1.82) is 0 Å². The van der Waals surface area contributed by atoms with Crippen molar-refractivity contribution in [1.82, 2.24) is 0 Å². The van der Waals surface area contributed by atoms with Gasteiger partial charge >= 0.3 is 77.8 Å². The van der Waals surface area contributed by atoms with E-state index in [0.717, 1.165) is 0 Å². The Kier molecular flexibility index (Phi) is 13.5. The highest BCUT2D eigenvalue weighted by molar-refractivity contribution is 7.93. The van der Waals surface area contributed by atoms with Crippen molar-refractivity contribution in [2.24, 2.45) is 0 Å². The summed E-state index contributed by atoms with van der Waals surface area (Å²) in [4.78, 5) is 10.3. The molecule has 0 heterocycles. The molecule has 0 spiro atoms. The molecule has 0 bridgehead atoms. The number of benzene rings is 1. The second-order valence-electron chi connectivity index (χ2n) is 8.73. The molecule has 0 fully saturated rings. The average Bonchev–Trinajstić information content (AvgIpc) is 2.78. The van der Waals surface area contributed by atoms with E-state index in [4.69, 9.17) is 4.11 Å². The lowest BCUT2D eigenvalue weighted by molar-refractivity contribution is -0.385. The number of alkyl halides is 12. The Morgan fingerprint density at radius 3 is 1.15 bits per heavy atom. The molecule has 0 aromatic heterocycles. The summed E-state index contributed by atoms with van der Waals surface area (Å²) in [6.45, 7) is -1.81. The molecule has 48 heavy (non-hydrogen) atoms. The van der Waals surface area contributed by atoms with Gasteiger partial charge in [0.15, 0.2) is 0 Å². The molecule has 1 aromatic rings. The van der Waals surface area contributed by atoms with E-state index in [0.29, 0.717) is 5.56 Å². The summed E-state index contributed by atoms with van der Waals surface area (Å²) < 4.78 is 250. The molecule has 1 aromatic carbocycles. The first-order chi connectivity index (χ1) is 20.7. The van der Waals surface area contributed by atoms with Gasteiger partial charge in [-0.05, 0) is 6.07 Å². The van der Waals surface area contributed by atoms with Crippen molar-refractivity contribution in [3.05, 3.63) is 39.9 Å². The molecule has 0 unspecified atom stereocenters. The number of nitro groups is 1. The zero-order valence-electron chi connectivity index (χ0n) is 22.7. The van der Waals surface area contributed by atoms with Crippen molar-refractivity contribution in [3.8, 4) is 0 Å². The van der Waals surface area contributed by atoms with Crippen molar-refractivity contribution < 1.29 is 112 Å². The van der Waals surface area contributed by atoms with E-state index in [-0.39, 0.29) is 5.69 Å². The minimum absolute atomic E-state index is 0.0794. The van der Waals surface area contributed by atoms with E-state index in [9.17, 15) is 96.5 Å². The first kappa shape index (κ1) is 45.4. The smallest absolute Gasteiger partial charge is 0.398 e. The minimum Gasteiger partial charge on any atom is -0.398 e. The van der Waals surface area contributed by atoms with Crippen LogP contribution in [0.3, 0.4) is 0 Å². The number of hydrogen-bond donors (Lipinski definition) is 0. The van der Waals surface area contributed by atoms with Crippen LogP contribution in [0.1, 0.15) is 9.68 Å². The van der Waals surface area contributed by atoms with Crippen LogP contribution in [0.2, 0.25) is 19.6 Å². The van der Waals surface area contributed by atoms with Gasteiger partial charge < -0.3 is 20.5 Å². The molecule has 0 N–H and O–H groups in total. The molecular weight excluding hydrogens is 817 g/mol. The van der Waals surface area contributed by atoms with Gasteiger partial charge in [-0.3, -0.25) is 10.1 Å². The number of rotatable bonds is 11. The second-order valence-corrected chi connectivity index (χ2v) is 19.4. The van der Waals surface area contributed by atoms with Gasteiger partial charge in [-0.25, -0.2) is 0 Å². The number of hydrogen-bond acceptors (Lipinski definition) is 14. The first-order valence-electron chi connectivity index (χ1n) is 10.7. The molecular formula is C14H14BF12NO15S4Si. The predicted molar refractivity (Wildman–Crippen MR) is 132 cm³/mol. The Hall–Kier alpha value is -2.63. The van der Waals surface area contributed by atoms with E-state index in [1.54, 1.807) is 18.2 Å². The van der Waals surface area contributed by atoms with Crippen LogP contribution >= 0.6 is 0 Å². The largest absolute Gasteiger partial charge is 0.587 e.